The van der Waals surface area contributed by atoms with Gasteiger partial charge >= 0.3 is 6.30 Å². The number of hydrogen-bond acceptors (Lipinski definition) is 5. The first kappa shape index (κ1) is 31.6. The van der Waals surface area contributed by atoms with Gasteiger partial charge in [0.25, 0.3) is 0 Å². The van der Waals surface area contributed by atoms with Gasteiger partial charge in [-0.1, -0.05) is 37.8 Å². The largest absolute Gasteiger partial charge is 0.504 e. The minimum absolute atomic E-state index is 0.0403. The summed E-state index contributed by atoms with van der Waals surface area (Å²) in [5.41, 5.74) is 4.21. The zero-order valence-electron chi connectivity index (χ0n) is 25.2. The SMILES string of the molecule is CCC(C)=Cc1cc(-c2cnn(C(F)(F)F)c2)n(C2CCCCC2)c1/N=C(\C)Nc1ccc(C(=N)N(C)C=N)cc1OC. The zero-order chi connectivity index (χ0) is 31.3. The molecule has 0 radical (unpaired) electrons. The van der Waals surface area contributed by atoms with Crippen LogP contribution in [-0.2, 0) is 6.30 Å². The van der Waals surface area contributed by atoms with Crippen LogP contribution >= 0.6 is 0 Å². The molecule has 0 unspecified atom stereocenters. The third-order valence-corrected chi connectivity index (χ3v) is 7.69. The average molecular weight is 597 g/mol. The summed E-state index contributed by atoms with van der Waals surface area (Å²) >= 11 is 0. The maximum absolute atomic E-state index is 13.5. The molecule has 43 heavy (non-hydrogen) atoms. The Kier molecular flexibility index (Phi) is 9.77. The number of benzene rings is 1. The summed E-state index contributed by atoms with van der Waals surface area (Å²) in [5.74, 6) is 1.89. The van der Waals surface area contributed by atoms with Gasteiger partial charge in [0.2, 0.25) is 0 Å². The van der Waals surface area contributed by atoms with Crippen molar-refractivity contribution in [2.45, 2.75) is 71.6 Å². The number of hydrogen-bond donors (Lipinski definition) is 3. The van der Waals surface area contributed by atoms with Gasteiger partial charge in [0, 0.05) is 36.0 Å². The molecular formula is C31H39F3N8O. The van der Waals surface area contributed by atoms with E-state index in [1.165, 1.54) is 11.1 Å². The highest BCUT2D eigenvalue weighted by Crippen LogP contribution is 2.41. The molecule has 1 aliphatic rings. The van der Waals surface area contributed by atoms with Crippen LogP contribution in [0.15, 0.2) is 47.2 Å². The Morgan fingerprint density at radius 1 is 1.21 bits per heavy atom. The monoisotopic (exact) mass is 596 g/mol. The first-order valence-electron chi connectivity index (χ1n) is 14.3. The number of ether oxygens (including phenoxy) is 1. The van der Waals surface area contributed by atoms with Gasteiger partial charge in [-0.05, 0) is 57.4 Å². The highest BCUT2D eigenvalue weighted by Gasteiger charge is 2.33. The van der Waals surface area contributed by atoms with Crippen molar-refractivity contribution in [1.29, 1.82) is 10.8 Å². The van der Waals surface area contributed by atoms with E-state index in [-0.39, 0.29) is 16.6 Å². The molecule has 0 spiro atoms. The van der Waals surface area contributed by atoms with Gasteiger partial charge in [0.15, 0.2) is 0 Å². The minimum atomic E-state index is -4.61. The maximum Gasteiger partial charge on any atom is 0.504 e. The Labute approximate surface area is 250 Å². The second-order valence-electron chi connectivity index (χ2n) is 10.8. The van der Waals surface area contributed by atoms with Crippen LogP contribution in [0, 0.1) is 10.8 Å². The molecule has 2 aromatic heterocycles. The van der Waals surface area contributed by atoms with E-state index < -0.39 is 6.30 Å². The van der Waals surface area contributed by atoms with E-state index >= 15 is 0 Å². The van der Waals surface area contributed by atoms with Crippen molar-refractivity contribution < 1.29 is 17.9 Å². The van der Waals surface area contributed by atoms with Crippen LogP contribution in [0.2, 0.25) is 0 Å². The number of anilines is 1. The fourth-order valence-electron chi connectivity index (χ4n) is 5.24. The highest BCUT2D eigenvalue weighted by atomic mass is 19.4. The van der Waals surface area contributed by atoms with Crippen LogP contribution in [0.1, 0.15) is 76.5 Å². The van der Waals surface area contributed by atoms with Crippen molar-refractivity contribution >= 4 is 35.6 Å². The number of aliphatic imine (C=N–C) groups is 1. The molecule has 12 heteroatoms. The predicted molar refractivity (Wildman–Crippen MR) is 166 cm³/mol. The fourth-order valence-corrected chi connectivity index (χ4v) is 5.24. The first-order valence-corrected chi connectivity index (χ1v) is 14.3. The van der Waals surface area contributed by atoms with Gasteiger partial charge in [-0.15, -0.1) is 13.2 Å². The molecular weight excluding hydrogens is 557 g/mol. The molecule has 3 N–H and O–H groups in total. The van der Waals surface area contributed by atoms with E-state index in [4.69, 9.17) is 20.5 Å². The summed E-state index contributed by atoms with van der Waals surface area (Å²) in [6.45, 7) is 5.92. The molecule has 0 aliphatic heterocycles. The number of nitrogens with zero attached hydrogens (tertiary/aromatic N) is 5. The lowest BCUT2D eigenvalue weighted by molar-refractivity contribution is -0.212. The molecule has 230 valence electrons. The second-order valence-corrected chi connectivity index (χ2v) is 10.8. The lowest BCUT2D eigenvalue weighted by Gasteiger charge is -2.27. The number of alkyl halides is 3. The standard InChI is InChI=1S/C31H39F3N8O/c1-6-20(2)14-23-15-27(24-17-37-41(18-24)31(32,33)34)42(25-10-8-7-9-11-25)30(23)39-21(3)38-26-13-12-22(16-28(26)43-5)29(36)40(4)19-35/h12-19,25,35-36H,6-11H2,1-5H3,(H,38,39). The molecule has 0 bridgehead atoms. The Bertz CT molecular complexity index is 1530. The maximum atomic E-state index is 13.5. The Hall–Kier alpha value is -4.35. The molecule has 0 saturated heterocycles. The Balaban J connectivity index is 1.82. The number of aromatic nitrogens is 3. The molecule has 9 nitrogen and oxygen atoms in total. The third kappa shape index (κ3) is 7.18. The van der Waals surface area contributed by atoms with Gasteiger partial charge in [-0.2, -0.15) is 9.78 Å². The van der Waals surface area contributed by atoms with Crippen LogP contribution in [0.4, 0.5) is 24.7 Å². The number of nitrogens with one attached hydrogen (secondary N) is 3. The molecule has 0 amide bonds. The number of methoxy groups -OCH3 is 1. The van der Waals surface area contributed by atoms with Crippen LogP contribution < -0.4 is 10.1 Å². The molecule has 3 aromatic rings. The molecule has 2 heterocycles. The minimum Gasteiger partial charge on any atom is -0.495 e. The molecule has 1 saturated carbocycles. The van der Waals surface area contributed by atoms with Crippen LogP contribution in [-0.4, -0.2) is 51.4 Å². The van der Waals surface area contributed by atoms with Gasteiger partial charge in [-0.25, -0.2) is 4.99 Å². The zero-order valence-corrected chi connectivity index (χ0v) is 25.2. The van der Waals surface area contributed by atoms with Crippen LogP contribution in [0.25, 0.3) is 17.3 Å². The topological polar surface area (TPSA) is 107 Å². The van der Waals surface area contributed by atoms with Gasteiger partial charge in [0.05, 0.1) is 31.0 Å². The van der Waals surface area contributed by atoms with E-state index in [1.54, 1.807) is 32.4 Å². The van der Waals surface area contributed by atoms with Gasteiger partial charge < -0.3 is 19.5 Å². The fraction of sp³-hybridized carbons (Fsp3) is 0.419. The molecule has 4 rings (SSSR count). The predicted octanol–water partition coefficient (Wildman–Crippen LogP) is 8.18. The van der Waals surface area contributed by atoms with E-state index in [0.717, 1.165) is 62.2 Å². The van der Waals surface area contributed by atoms with Crippen molar-refractivity contribution in [2.75, 3.05) is 19.5 Å². The van der Waals surface area contributed by atoms with Crippen molar-refractivity contribution in [3.05, 3.63) is 53.4 Å². The quantitative estimate of drug-likeness (QED) is 0.171. The molecule has 1 aromatic carbocycles. The summed E-state index contributed by atoms with van der Waals surface area (Å²) in [6, 6.07) is 7.27. The number of halogens is 3. The molecule has 1 fully saturated rings. The molecule has 1 aliphatic carbocycles. The van der Waals surface area contributed by atoms with Crippen molar-refractivity contribution in [3.8, 4) is 17.0 Å². The van der Waals surface area contributed by atoms with E-state index in [1.807, 2.05) is 26.0 Å². The summed E-state index contributed by atoms with van der Waals surface area (Å²) in [6.07, 6.45) is 6.64. The third-order valence-electron chi connectivity index (χ3n) is 7.69. The van der Waals surface area contributed by atoms with Crippen LogP contribution in [0.5, 0.6) is 5.75 Å². The lowest BCUT2D eigenvalue weighted by Crippen LogP contribution is -2.24. The Morgan fingerprint density at radius 2 is 1.93 bits per heavy atom. The first-order chi connectivity index (χ1) is 20.5. The number of amidine groups is 2. The number of rotatable bonds is 9. The Morgan fingerprint density at radius 3 is 2.53 bits per heavy atom. The van der Waals surface area contributed by atoms with Crippen molar-refractivity contribution in [3.63, 3.8) is 0 Å². The lowest BCUT2D eigenvalue weighted by atomic mass is 9.95. The summed E-state index contributed by atoms with van der Waals surface area (Å²) in [5, 5.41) is 22.6. The van der Waals surface area contributed by atoms with Crippen LogP contribution in [0.3, 0.4) is 0 Å². The molecule has 0 atom stereocenters. The van der Waals surface area contributed by atoms with Crippen molar-refractivity contribution in [2.24, 2.45) is 4.99 Å². The van der Waals surface area contributed by atoms with E-state index in [0.29, 0.717) is 39.9 Å². The van der Waals surface area contributed by atoms with E-state index in [9.17, 15) is 13.2 Å². The second kappa shape index (κ2) is 13.3. The normalized spacial score (nSPS) is 15.0. The average Bonchev–Trinajstić information content (AvgIpc) is 3.62. The van der Waals surface area contributed by atoms with E-state index in [2.05, 4.69) is 21.9 Å². The van der Waals surface area contributed by atoms with Crippen molar-refractivity contribution in [1.82, 2.24) is 19.2 Å². The van der Waals surface area contributed by atoms with Gasteiger partial charge in [0.1, 0.15) is 23.2 Å². The summed E-state index contributed by atoms with van der Waals surface area (Å²) in [4.78, 5) is 6.42. The summed E-state index contributed by atoms with van der Waals surface area (Å²) in [7, 11) is 3.17. The van der Waals surface area contributed by atoms with Gasteiger partial charge in [-0.3, -0.25) is 10.8 Å². The smallest absolute Gasteiger partial charge is 0.495 e. The highest BCUT2D eigenvalue weighted by molar-refractivity contribution is 6.03. The summed E-state index contributed by atoms with van der Waals surface area (Å²) < 4.78 is 48.1. The number of allylic oxidation sites excluding steroid dienone is 1.